The molecular formula is C12H16N2O2S2. The third-order valence-corrected chi connectivity index (χ3v) is 4.75. The Morgan fingerprint density at radius 3 is 2.61 bits per heavy atom. The van der Waals surface area contributed by atoms with Crippen LogP contribution in [0.25, 0.3) is 0 Å². The molecule has 0 aliphatic heterocycles. The van der Waals surface area contributed by atoms with E-state index in [1.54, 1.807) is 12.1 Å². The van der Waals surface area contributed by atoms with Crippen LogP contribution in [-0.2, 0) is 10.0 Å². The average Bonchev–Trinajstić information content (AvgIpc) is 2.32. The molecule has 0 aromatic heterocycles. The lowest BCUT2D eigenvalue weighted by molar-refractivity contribution is 0.584. The van der Waals surface area contributed by atoms with Gasteiger partial charge in [0, 0.05) is 29.3 Å². The molecule has 0 aliphatic rings. The van der Waals surface area contributed by atoms with Gasteiger partial charge in [0.25, 0.3) is 0 Å². The van der Waals surface area contributed by atoms with Crippen LogP contribution in [0, 0.1) is 12.3 Å². The fraction of sp³-hybridized carbons (Fsp3) is 0.333. The number of rotatable bonds is 7. The molecule has 0 heterocycles. The van der Waals surface area contributed by atoms with E-state index in [1.165, 1.54) is 11.8 Å². The van der Waals surface area contributed by atoms with Crippen molar-refractivity contribution in [1.29, 1.82) is 0 Å². The first-order valence-electron chi connectivity index (χ1n) is 5.42. The van der Waals surface area contributed by atoms with Gasteiger partial charge in [0.2, 0.25) is 10.0 Å². The van der Waals surface area contributed by atoms with Crippen molar-refractivity contribution in [3.05, 3.63) is 24.3 Å². The molecule has 6 heteroatoms. The first-order valence-corrected chi connectivity index (χ1v) is 8.06. The van der Waals surface area contributed by atoms with Crippen molar-refractivity contribution < 1.29 is 8.42 Å². The van der Waals surface area contributed by atoms with Gasteiger partial charge in [0.15, 0.2) is 0 Å². The SMILES string of the molecule is C#CCCNS(=O)(=O)CCSc1ccc(N)cc1. The summed E-state index contributed by atoms with van der Waals surface area (Å²) in [6, 6.07) is 7.33. The van der Waals surface area contributed by atoms with E-state index in [0.717, 1.165) is 4.90 Å². The molecule has 0 spiro atoms. The highest BCUT2D eigenvalue weighted by Crippen LogP contribution is 2.19. The Hall–Kier alpha value is -1.16. The Bertz CT molecular complexity index is 504. The smallest absolute Gasteiger partial charge is 0.212 e. The summed E-state index contributed by atoms with van der Waals surface area (Å²) in [5.41, 5.74) is 6.26. The van der Waals surface area contributed by atoms with E-state index in [1.807, 2.05) is 12.1 Å². The lowest BCUT2D eigenvalue weighted by Crippen LogP contribution is -2.28. The molecular weight excluding hydrogens is 268 g/mol. The number of hydrogen-bond acceptors (Lipinski definition) is 4. The summed E-state index contributed by atoms with van der Waals surface area (Å²) in [4.78, 5) is 1.00. The largest absolute Gasteiger partial charge is 0.399 e. The van der Waals surface area contributed by atoms with Gasteiger partial charge in [-0.25, -0.2) is 13.1 Å². The maximum atomic E-state index is 11.5. The topological polar surface area (TPSA) is 72.2 Å². The van der Waals surface area contributed by atoms with E-state index in [2.05, 4.69) is 10.6 Å². The molecule has 0 saturated carbocycles. The van der Waals surface area contributed by atoms with Crippen LogP contribution in [0.1, 0.15) is 6.42 Å². The number of nitrogen functional groups attached to an aromatic ring is 1. The molecule has 0 radical (unpaired) electrons. The third-order valence-electron chi connectivity index (χ3n) is 2.09. The van der Waals surface area contributed by atoms with Gasteiger partial charge in [-0.2, -0.15) is 0 Å². The van der Waals surface area contributed by atoms with E-state index < -0.39 is 10.0 Å². The van der Waals surface area contributed by atoms with Crippen LogP contribution in [0.2, 0.25) is 0 Å². The lowest BCUT2D eigenvalue weighted by Gasteiger charge is -2.05. The van der Waals surface area contributed by atoms with Gasteiger partial charge < -0.3 is 5.73 Å². The predicted molar refractivity (Wildman–Crippen MR) is 76.8 cm³/mol. The number of nitrogens with one attached hydrogen (secondary N) is 1. The van der Waals surface area contributed by atoms with Gasteiger partial charge in [-0.05, 0) is 24.3 Å². The molecule has 0 unspecified atom stereocenters. The van der Waals surface area contributed by atoms with Gasteiger partial charge in [-0.1, -0.05) is 0 Å². The summed E-state index contributed by atoms with van der Waals surface area (Å²) in [5, 5.41) is 0. The minimum absolute atomic E-state index is 0.0760. The normalized spacial score (nSPS) is 11.1. The monoisotopic (exact) mass is 284 g/mol. The maximum Gasteiger partial charge on any atom is 0.212 e. The van der Waals surface area contributed by atoms with Gasteiger partial charge in [0.05, 0.1) is 5.75 Å². The molecule has 1 aromatic carbocycles. The standard InChI is InChI=1S/C12H16N2O2S2/c1-2-3-8-14-18(15,16)10-9-17-12-6-4-11(13)5-7-12/h1,4-7,14H,3,8-10,13H2. The van der Waals surface area contributed by atoms with E-state index in [9.17, 15) is 8.42 Å². The van der Waals surface area contributed by atoms with Crippen molar-refractivity contribution >= 4 is 27.5 Å². The van der Waals surface area contributed by atoms with Crippen LogP contribution in [0.5, 0.6) is 0 Å². The van der Waals surface area contributed by atoms with Crippen LogP contribution in [-0.4, -0.2) is 26.5 Å². The molecule has 1 aromatic rings. The summed E-state index contributed by atoms with van der Waals surface area (Å²) in [6.07, 6.45) is 5.45. The summed E-state index contributed by atoms with van der Waals surface area (Å²) in [7, 11) is -3.22. The van der Waals surface area contributed by atoms with Crippen molar-refractivity contribution in [2.24, 2.45) is 0 Å². The molecule has 0 bridgehead atoms. The Morgan fingerprint density at radius 2 is 2.00 bits per heavy atom. The number of anilines is 1. The Morgan fingerprint density at radius 1 is 1.33 bits per heavy atom. The van der Waals surface area contributed by atoms with Gasteiger partial charge >= 0.3 is 0 Å². The third kappa shape index (κ3) is 5.96. The molecule has 0 saturated heterocycles. The van der Waals surface area contributed by atoms with Crippen LogP contribution in [0.3, 0.4) is 0 Å². The van der Waals surface area contributed by atoms with E-state index in [-0.39, 0.29) is 5.75 Å². The molecule has 0 fully saturated rings. The minimum atomic E-state index is -3.22. The summed E-state index contributed by atoms with van der Waals surface area (Å²) in [6.45, 7) is 0.297. The maximum absolute atomic E-state index is 11.5. The van der Waals surface area contributed by atoms with Crippen molar-refractivity contribution in [3.8, 4) is 12.3 Å². The summed E-state index contributed by atoms with van der Waals surface area (Å²) < 4.78 is 25.5. The molecule has 1 rings (SSSR count). The Balaban J connectivity index is 2.33. The second kappa shape index (κ2) is 7.31. The molecule has 0 aliphatic carbocycles. The highest BCUT2D eigenvalue weighted by Gasteiger charge is 2.08. The second-order valence-corrected chi connectivity index (χ2v) is 6.68. The molecule has 98 valence electrons. The van der Waals surface area contributed by atoms with Crippen LogP contribution in [0.15, 0.2) is 29.2 Å². The Kier molecular flexibility index (Phi) is 6.05. The molecule has 0 amide bonds. The van der Waals surface area contributed by atoms with Gasteiger partial charge in [-0.15, -0.1) is 24.1 Å². The minimum Gasteiger partial charge on any atom is -0.399 e. The van der Waals surface area contributed by atoms with E-state index in [4.69, 9.17) is 12.2 Å². The van der Waals surface area contributed by atoms with E-state index >= 15 is 0 Å². The quantitative estimate of drug-likeness (QED) is 0.343. The lowest BCUT2D eigenvalue weighted by atomic mass is 10.3. The summed E-state index contributed by atoms with van der Waals surface area (Å²) in [5.74, 6) is 2.95. The zero-order chi connectivity index (χ0) is 13.4. The first kappa shape index (κ1) is 14.9. The van der Waals surface area contributed by atoms with Crippen molar-refractivity contribution in [1.82, 2.24) is 4.72 Å². The van der Waals surface area contributed by atoms with Gasteiger partial charge in [0.1, 0.15) is 0 Å². The zero-order valence-corrected chi connectivity index (χ0v) is 11.6. The van der Waals surface area contributed by atoms with Crippen LogP contribution >= 0.6 is 11.8 Å². The highest BCUT2D eigenvalue weighted by molar-refractivity contribution is 8.00. The zero-order valence-electron chi connectivity index (χ0n) is 9.93. The molecule has 18 heavy (non-hydrogen) atoms. The van der Waals surface area contributed by atoms with Crippen molar-refractivity contribution in [3.63, 3.8) is 0 Å². The molecule has 0 atom stereocenters. The Labute approximate surface area is 112 Å². The summed E-state index contributed by atoms with van der Waals surface area (Å²) >= 11 is 1.48. The number of thioether (sulfide) groups is 1. The number of nitrogens with two attached hydrogens (primary N) is 1. The molecule has 4 nitrogen and oxygen atoms in total. The first-order chi connectivity index (χ1) is 8.53. The van der Waals surface area contributed by atoms with Crippen LogP contribution in [0.4, 0.5) is 5.69 Å². The number of hydrogen-bond donors (Lipinski definition) is 2. The average molecular weight is 284 g/mol. The predicted octanol–water partition coefficient (Wildman–Crippen LogP) is 1.30. The fourth-order valence-electron chi connectivity index (χ4n) is 1.18. The van der Waals surface area contributed by atoms with Crippen molar-refractivity contribution in [2.75, 3.05) is 23.8 Å². The number of benzene rings is 1. The van der Waals surface area contributed by atoms with E-state index in [0.29, 0.717) is 24.4 Å². The number of terminal acetylenes is 1. The van der Waals surface area contributed by atoms with Crippen LogP contribution < -0.4 is 10.5 Å². The van der Waals surface area contributed by atoms with Crippen molar-refractivity contribution in [2.45, 2.75) is 11.3 Å². The van der Waals surface area contributed by atoms with Gasteiger partial charge in [-0.3, -0.25) is 0 Å². The highest BCUT2D eigenvalue weighted by atomic mass is 32.2. The number of sulfonamides is 1. The fourth-order valence-corrected chi connectivity index (χ4v) is 3.52. The molecule has 3 N–H and O–H groups in total. The second-order valence-electron chi connectivity index (χ2n) is 3.58.